The second-order valence-corrected chi connectivity index (χ2v) is 8.83. The van der Waals surface area contributed by atoms with Gasteiger partial charge in [-0.25, -0.2) is 4.79 Å². The van der Waals surface area contributed by atoms with Crippen molar-refractivity contribution < 1.29 is 14.3 Å². The van der Waals surface area contributed by atoms with E-state index < -0.39 is 5.60 Å². The number of nitrogens with zero attached hydrogens (tertiary/aromatic N) is 3. The summed E-state index contributed by atoms with van der Waals surface area (Å²) in [5.74, 6) is 0.775. The minimum Gasteiger partial charge on any atom is -0.488 e. The number of pyridine rings is 1. The maximum absolute atomic E-state index is 12.2. The average molecular weight is 424 g/mol. The number of piperazine rings is 1. The number of aromatic nitrogens is 1. The van der Waals surface area contributed by atoms with E-state index in [1.54, 1.807) is 11.1 Å². The molecule has 1 aromatic carbocycles. The number of carbonyl (C=O) groups excluding carboxylic acids is 1. The molecule has 2 aromatic rings. The van der Waals surface area contributed by atoms with Gasteiger partial charge >= 0.3 is 6.09 Å². The molecule has 0 atom stereocenters. The van der Waals surface area contributed by atoms with Gasteiger partial charge in [0.2, 0.25) is 0 Å². The van der Waals surface area contributed by atoms with Crippen molar-refractivity contribution in [3.8, 4) is 5.75 Å². The Hall–Kier alpha value is -2.86. The molecule has 0 N–H and O–H groups in total. The largest absolute Gasteiger partial charge is 0.488 e. The first-order valence-corrected chi connectivity index (χ1v) is 10.8. The molecule has 0 unspecified atom stereocenters. The van der Waals surface area contributed by atoms with Crippen molar-refractivity contribution in [1.29, 1.82) is 0 Å². The van der Waals surface area contributed by atoms with Gasteiger partial charge in [0.1, 0.15) is 18.0 Å². The molecule has 31 heavy (non-hydrogen) atoms. The summed E-state index contributed by atoms with van der Waals surface area (Å²) in [5.41, 5.74) is 2.94. The molecule has 6 heteroatoms. The van der Waals surface area contributed by atoms with Crippen molar-refractivity contribution in [2.75, 3.05) is 32.8 Å². The van der Waals surface area contributed by atoms with Crippen LogP contribution in [0.4, 0.5) is 4.79 Å². The fourth-order valence-electron chi connectivity index (χ4n) is 3.28. The third-order valence-electron chi connectivity index (χ3n) is 4.95. The van der Waals surface area contributed by atoms with Gasteiger partial charge in [0, 0.05) is 38.4 Å². The molecule has 1 fully saturated rings. The minimum absolute atomic E-state index is 0.217. The fourth-order valence-corrected chi connectivity index (χ4v) is 3.28. The lowest BCUT2D eigenvalue weighted by atomic mass is 10.1. The van der Waals surface area contributed by atoms with Gasteiger partial charge in [0.25, 0.3) is 0 Å². The zero-order valence-electron chi connectivity index (χ0n) is 19.0. The van der Waals surface area contributed by atoms with E-state index >= 15 is 0 Å². The Morgan fingerprint density at radius 3 is 2.39 bits per heavy atom. The summed E-state index contributed by atoms with van der Waals surface area (Å²) < 4.78 is 11.1. The van der Waals surface area contributed by atoms with Crippen LogP contribution >= 0.6 is 0 Å². The number of carbonyl (C=O) groups is 1. The van der Waals surface area contributed by atoms with Crippen LogP contribution in [0.25, 0.3) is 6.08 Å². The van der Waals surface area contributed by atoms with Crippen molar-refractivity contribution in [1.82, 2.24) is 14.8 Å². The smallest absolute Gasteiger partial charge is 0.410 e. The van der Waals surface area contributed by atoms with Crippen molar-refractivity contribution in [3.05, 3.63) is 65.5 Å². The van der Waals surface area contributed by atoms with Gasteiger partial charge in [-0.2, -0.15) is 0 Å². The van der Waals surface area contributed by atoms with E-state index in [9.17, 15) is 4.79 Å². The summed E-state index contributed by atoms with van der Waals surface area (Å²) in [6, 6.07) is 12.4. The number of rotatable bonds is 6. The molecule has 0 aliphatic carbocycles. The lowest BCUT2D eigenvalue weighted by Gasteiger charge is -2.35. The molecule has 3 rings (SSSR count). The first-order valence-electron chi connectivity index (χ1n) is 10.8. The molecular weight excluding hydrogens is 390 g/mol. The third-order valence-corrected chi connectivity index (χ3v) is 4.95. The summed E-state index contributed by atoms with van der Waals surface area (Å²) in [5, 5.41) is 0. The van der Waals surface area contributed by atoms with E-state index in [0.29, 0.717) is 19.7 Å². The number of ether oxygens (including phenoxy) is 2. The molecule has 0 spiro atoms. The van der Waals surface area contributed by atoms with Crippen molar-refractivity contribution in [2.45, 2.75) is 39.8 Å². The summed E-state index contributed by atoms with van der Waals surface area (Å²) in [4.78, 5) is 20.6. The molecule has 1 amide bonds. The van der Waals surface area contributed by atoms with Gasteiger partial charge in [-0.3, -0.25) is 9.88 Å². The quantitative estimate of drug-likeness (QED) is 0.683. The topological polar surface area (TPSA) is 54.9 Å². The number of benzene rings is 1. The van der Waals surface area contributed by atoms with E-state index in [1.807, 2.05) is 45.9 Å². The molecule has 166 valence electrons. The molecule has 1 aromatic heterocycles. The highest BCUT2D eigenvalue weighted by molar-refractivity contribution is 5.68. The first-order chi connectivity index (χ1) is 14.8. The molecule has 2 heterocycles. The Bertz CT molecular complexity index is 862. The Kier molecular flexibility index (Phi) is 7.69. The zero-order valence-corrected chi connectivity index (χ0v) is 19.0. The van der Waals surface area contributed by atoms with Crippen LogP contribution < -0.4 is 4.74 Å². The molecule has 0 saturated carbocycles. The Balaban J connectivity index is 1.40. The maximum atomic E-state index is 12.2. The second kappa shape index (κ2) is 10.4. The number of hydrogen-bond acceptors (Lipinski definition) is 5. The fraction of sp³-hybridized carbons (Fsp3) is 0.440. The second-order valence-electron chi connectivity index (χ2n) is 8.83. The Labute approximate surface area is 185 Å². The predicted molar refractivity (Wildman–Crippen MR) is 123 cm³/mol. The highest BCUT2D eigenvalue weighted by Crippen LogP contribution is 2.14. The van der Waals surface area contributed by atoms with Gasteiger partial charge in [0.15, 0.2) is 0 Å². The number of aryl methyl sites for hydroxylation is 1. The van der Waals surface area contributed by atoms with E-state index in [0.717, 1.165) is 36.6 Å². The molecule has 1 aliphatic rings. The van der Waals surface area contributed by atoms with Gasteiger partial charge in [-0.15, -0.1) is 0 Å². The minimum atomic E-state index is -0.450. The number of hydrogen-bond donors (Lipinski definition) is 0. The zero-order chi connectivity index (χ0) is 22.3. The molecule has 1 saturated heterocycles. The monoisotopic (exact) mass is 423 g/mol. The maximum Gasteiger partial charge on any atom is 0.410 e. The standard InChI is InChI=1S/C25H33N3O3/c1-20-7-12-23(18-26-20)30-17-5-6-21-8-10-22(11-9-21)19-27-13-15-28(16-14-27)24(29)31-25(2,3)4/h5-12,18H,13-17,19H2,1-4H3/b6-5+. The van der Waals surface area contributed by atoms with Gasteiger partial charge < -0.3 is 14.4 Å². The number of amides is 1. The first kappa shape index (κ1) is 22.8. The molecule has 1 aliphatic heterocycles. The highest BCUT2D eigenvalue weighted by atomic mass is 16.6. The van der Waals surface area contributed by atoms with Gasteiger partial charge in [-0.1, -0.05) is 30.3 Å². The normalized spacial score (nSPS) is 15.3. The highest BCUT2D eigenvalue weighted by Gasteiger charge is 2.25. The Morgan fingerprint density at radius 2 is 1.77 bits per heavy atom. The lowest BCUT2D eigenvalue weighted by Crippen LogP contribution is -2.49. The van der Waals surface area contributed by atoms with Crippen LogP contribution in [-0.2, 0) is 11.3 Å². The van der Waals surface area contributed by atoms with Crippen LogP contribution in [0.3, 0.4) is 0 Å². The van der Waals surface area contributed by atoms with E-state index in [1.165, 1.54) is 5.56 Å². The van der Waals surface area contributed by atoms with Crippen molar-refractivity contribution in [3.63, 3.8) is 0 Å². The van der Waals surface area contributed by atoms with Crippen molar-refractivity contribution >= 4 is 12.2 Å². The summed E-state index contributed by atoms with van der Waals surface area (Å²) in [6.45, 7) is 12.1. The predicted octanol–water partition coefficient (Wildman–Crippen LogP) is 4.53. The summed E-state index contributed by atoms with van der Waals surface area (Å²) >= 11 is 0. The summed E-state index contributed by atoms with van der Waals surface area (Å²) in [6.07, 6.45) is 5.59. The lowest BCUT2D eigenvalue weighted by molar-refractivity contribution is 0.0139. The van der Waals surface area contributed by atoms with Crippen LogP contribution in [0.15, 0.2) is 48.7 Å². The molecular formula is C25H33N3O3. The van der Waals surface area contributed by atoms with Gasteiger partial charge in [-0.05, 0) is 57.0 Å². The molecule has 0 bridgehead atoms. The van der Waals surface area contributed by atoms with E-state index in [-0.39, 0.29) is 6.09 Å². The third kappa shape index (κ3) is 7.72. The molecule has 6 nitrogen and oxygen atoms in total. The van der Waals surface area contributed by atoms with Crippen molar-refractivity contribution in [2.24, 2.45) is 0 Å². The van der Waals surface area contributed by atoms with Crippen LogP contribution in [-0.4, -0.2) is 59.3 Å². The van der Waals surface area contributed by atoms with Crippen LogP contribution in [0.1, 0.15) is 37.6 Å². The van der Waals surface area contributed by atoms with Crippen LogP contribution in [0.5, 0.6) is 5.75 Å². The Morgan fingerprint density at radius 1 is 1.06 bits per heavy atom. The van der Waals surface area contributed by atoms with Crippen LogP contribution in [0.2, 0.25) is 0 Å². The molecule has 0 radical (unpaired) electrons. The van der Waals surface area contributed by atoms with E-state index in [2.05, 4.69) is 40.2 Å². The average Bonchev–Trinajstić information content (AvgIpc) is 2.73. The summed E-state index contributed by atoms with van der Waals surface area (Å²) in [7, 11) is 0. The van der Waals surface area contributed by atoms with Crippen LogP contribution in [0, 0.1) is 6.92 Å². The SMILES string of the molecule is Cc1ccc(OC/C=C/c2ccc(CN3CCN(C(=O)OC(C)(C)C)CC3)cc2)cn1. The van der Waals surface area contributed by atoms with E-state index in [4.69, 9.17) is 9.47 Å². The van der Waals surface area contributed by atoms with Gasteiger partial charge in [0.05, 0.1) is 6.20 Å².